The van der Waals surface area contributed by atoms with Crippen molar-refractivity contribution in [2.75, 3.05) is 0 Å². The second-order valence-corrected chi connectivity index (χ2v) is 3.85. The third kappa shape index (κ3) is 2.63. The first kappa shape index (κ1) is 12.3. The van der Waals surface area contributed by atoms with E-state index in [-0.39, 0.29) is 9.50 Å². The number of hydrogen-bond acceptors (Lipinski definition) is 1. The molecule has 0 aliphatic carbocycles. The van der Waals surface area contributed by atoms with Gasteiger partial charge in [0.15, 0.2) is 0 Å². The maximum absolute atomic E-state index is 12.3. The fourth-order valence-electron chi connectivity index (χ4n) is 0.908. The van der Waals surface area contributed by atoms with Gasteiger partial charge in [-0.05, 0) is 28.1 Å². The Bertz CT molecular complexity index is 417. The lowest BCUT2D eigenvalue weighted by atomic mass is 10.1. The Hall–Kier alpha value is -0.750. The highest BCUT2D eigenvalue weighted by molar-refractivity contribution is 9.10. The molecule has 82 valence electrons. The quantitative estimate of drug-likeness (QED) is 0.856. The lowest BCUT2D eigenvalue weighted by molar-refractivity contribution is -0.137. The molecule has 1 N–H and O–H groups in total. The van der Waals surface area contributed by atoms with Crippen molar-refractivity contribution in [2.45, 2.75) is 6.18 Å². The van der Waals surface area contributed by atoms with E-state index in [1.807, 2.05) is 0 Å². The zero-order chi connectivity index (χ0) is 11.8. The van der Waals surface area contributed by atoms with Crippen LogP contribution in [0.3, 0.4) is 0 Å². The molecule has 1 rings (SSSR count). The maximum atomic E-state index is 12.3. The molecule has 0 aliphatic heterocycles. The van der Waals surface area contributed by atoms with Gasteiger partial charge >= 0.3 is 12.1 Å². The molecule has 0 atom stereocenters. The highest BCUT2D eigenvalue weighted by atomic mass is 79.9. The fraction of sp³-hybridized carbons (Fsp3) is 0.125. The third-order valence-electron chi connectivity index (χ3n) is 1.59. The van der Waals surface area contributed by atoms with Crippen LogP contribution in [-0.4, -0.2) is 11.1 Å². The van der Waals surface area contributed by atoms with Gasteiger partial charge in [0.1, 0.15) is 0 Å². The highest BCUT2D eigenvalue weighted by Gasteiger charge is 2.32. The fourth-order valence-corrected chi connectivity index (χ4v) is 1.56. The van der Waals surface area contributed by atoms with Crippen LogP contribution in [0.1, 0.15) is 15.9 Å². The molecule has 0 aromatic heterocycles. The first-order valence-corrected chi connectivity index (χ1v) is 4.70. The first-order valence-electron chi connectivity index (χ1n) is 3.53. The van der Waals surface area contributed by atoms with Crippen LogP contribution in [0.4, 0.5) is 13.2 Å². The van der Waals surface area contributed by atoms with Gasteiger partial charge in [-0.15, -0.1) is 0 Å². The summed E-state index contributed by atoms with van der Waals surface area (Å²) >= 11 is 8.28. The number of rotatable bonds is 1. The summed E-state index contributed by atoms with van der Waals surface area (Å²) in [5, 5.41) is 8.35. The average molecular weight is 303 g/mol. The van der Waals surface area contributed by atoms with Gasteiger partial charge in [0.05, 0.1) is 16.1 Å². The lowest BCUT2D eigenvalue weighted by Gasteiger charge is -2.09. The number of alkyl halides is 3. The van der Waals surface area contributed by atoms with Crippen molar-refractivity contribution >= 4 is 33.5 Å². The molecule has 0 aliphatic rings. The zero-order valence-corrected chi connectivity index (χ0v) is 9.24. The van der Waals surface area contributed by atoms with E-state index in [0.29, 0.717) is 6.07 Å². The van der Waals surface area contributed by atoms with Crippen molar-refractivity contribution in [1.82, 2.24) is 0 Å². The molecule has 0 saturated carbocycles. The average Bonchev–Trinajstić information content (AvgIpc) is 2.06. The van der Waals surface area contributed by atoms with Crippen LogP contribution in [0.2, 0.25) is 5.02 Å². The molecule has 0 saturated heterocycles. The van der Waals surface area contributed by atoms with Gasteiger partial charge in [0, 0.05) is 4.47 Å². The predicted molar refractivity (Wildman–Crippen MR) is 51.1 cm³/mol. The number of hydrogen-bond donors (Lipinski definition) is 1. The van der Waals surface area contributed by atoms with Crippen molar-refractivity contribution in [2.24, 2.45) is 0 Å². The van der Waals surface area contributed by atoms with Crippen molar-refractivity contribution in [3.05, 3.63) is 32.8 Å². The summed E-state index contributed by atoms with van der Waals surface area (Å²) in [5.74, 6) is -1.51. The number of carboxylic acids is 1. The van der Waals surface area contributed by atoms with Crippen molar-refractivity contribution in [1.29, 1.82) is 0 Å². The van der Waals surface area contributed by atoms with Crippen LogP contribution in [0, 0.1) is 0 Å². The summed E-state index contributed by atoms with van der Waals surface area (Å²) in [4.78, 5) is 10.6. The molecule has 1 aromatic rings. The second kappa shape index (κ2) is 4.02. The molecule has 0 heterocycles. The van der Waals surface area contributed by atoms with E-state index in [2.05, 4.69) is 15.9 Å². The molecule has 0 bridgehead atoms. The summed E-state index contributed by atoms with van der Waals surface area (Å²) in [7, 11) is 0. The molecule has 0 fully saturated rings. The zero-order valence-electron chi connectivity index (χ0n) is 6.90. The molecule has 7 heteroatoms. The van der Waals surface area contributed by atoms with E-state index in [0.717, 1.165) is 6.07 Å². The predicted octanol–water partition coefficient (Wildman–Crippen LogP) is 3.82. The Morgan fingerprint density at radius 1 is 1.40 bits per heavy atom. The molecule has 0 spiro atoms. The Kier molecular flexibility index (Phi) is 3.30. The van der Waals surface area contributed by atoms with Crippen LogP contribution in [0.25, 0.3) is 0 Å². The maximum Gasteiger partial charge on any atom is 0.416 e. The minimum absolute atomic E-state index is 0.101. The minimum Gasteiger partial charge on any atom is -0.478 e. The Balaban J connectivity index is 3.43. The van der Waals surface area contributed by atoms with E-state index < -0.39 is 23.3 Å². The standard InChI is InChI=1S/C8H3BrClF3O2/c9-5-2-3(8(11,12)13)1-4(6(5)10)7(14)15/h1-2H,(H,14,15). The van der Waals surface area contributed by atoms with E-state index in [9.17, 15) is 18.0 Å². The molecule has 0 amide bonds. The molecule has 1 aromatic carbocycles. The molecule has 15 heavy (non-hydrogen) atoms. The smallest absolute Gasteiger partial charge is 0.416 e. The summed E-state index contributed by atoms with van der Waals surface area (Å²) < 4.78 is 36.8. The van der Waals surface area contributed by atoms with E-state index >= 15 is 0 Å². The van der Waals surface area contributed by atoms with E-state index in [1.165, 1.54) is 0 Å². The van der Waals surface area contributed by atoms with Crippen molar-refractivity contribution in [3.8, 4) is 0 Å². The van der Waals surface area contributed by atoms with Gasteiger partial charge in [-0.2, -0.15) is 13.2 Å². The van der Waals surface area contributed by atoms with Gasteiger partial charge in [0.2, 0.25) is 0 Å². The molecular weight excluding hydrogens is 300 g/mol. The van der Waals surface area contributed by atoms with Crippen LogP contribution in [0.15, 0.2) is 16.6 Å². The first-order chi connectivity index (χ1) is 6.73. The van der Waals surface area contributed by atoms with Gasteiger partial charge < -0.3 is 5.11 Å². The topological polar surface area (TPSA) is 37.3 Å². The molecule has 0 radical (unpaired) electrons. The summed E-state index contributed by atoms with van der Waals surface area (Å²) in [6, 6.07) is 1.23. The summed E-state index contributed by atoms with van der Waals surface area (Å²) in [6.45, 7) is 0. The van der Waals surface area contributed by atoms with Crippen molar-refractivity contribution < 1.29 is 23.1 Å². The second-order valence-electron chi connectivity index (χ2n) is 2.62. The highest BCUT2D eigenvalue weighted by Crippen LogP contribution is 2.36. The Morgan fingerprint density at radius 2 is 1.93 bits per heavy atom. The van der Waals surface area contributed by atoms with Crippen LogP contribution in [-0.2, 0) is 6.18 Å². The Labute approximate surface area is 95.8 Å². The third-order valence-corrected chi connectivity index (χ3v) is 2.85. The molecular formula is C8H3BrClF3O2. The normalized spacial score (nSPS) is 11.5. The van der Waals surface area contributed by atoms with Crippen LogP contribution < -0.4 is 0 Å². The Morgan fingerprint density at radius 3 is 2.33 bits per heavy atom. The number of carbonyl (C=O) groups is 1. The number of aromatic carboxylic acids is 1. The summed E-state index contributed by atoms with van der Waals surface area (Å²) in [6.07, 6.45) is -4.60. The summed E-state index contributed by atoms with van der Waals surface area (Å²) in [5.41, 5.74) is -1.64. The molecule has 2 nitrogen and oxygen atoms in total. The SMILES string of the molecule is O=C(O)c1cc(C(F)(F)F)cc(Br)c1Cl. The molecule has 0 unspecified atom stereocenters. The number of benzene rings is 1. The number of carboxylic acid groups (broad SMARTS) is 1. The van der Waals surface area contributed by atoms with Gasteiger partial charge in [-0.1, -0.05) is 11.6 Å². The van der Waals surface area contributed by atoms with E-state index in [4.69, 9.17) is 16.7 Å². The number of halogens is 5. The van der Waals surface area contributed by atoms with Gasteiger partial charge in [0.25, 0.3) is 0 Å². The van der Waals surface area contributed by atoms with Gasteiger partial charge in [-0.25, -0.2) is 4.79 Å². The van der Waals surface area contributed by atoms with Gasteiger partial charge in [-0.3, -0.25) is 0 Å². The monoisotopic (exact) mass is 302 g/mol. The van der Waals surface area contributed by atoms with Crippen LogP contribution >= 0.6 is 27.5 Å². The minimum atomic E-state index is -4.60. The van der Waals surface area contributed by atoms with E-state index in [1.54, 1.807) is 0 Å². The van der Waals surface area contributed by atoms with Crippen LogP contribution in [0.5, 0.6) is 0 Å². The lowest BCUT2D eigenvalue weighted by Crippen LogP contribution is -2.08. The largest absolute Gasteiger partial charge is 0.478 e. The van der Waals surface area contributed by atoms with Crippen molar-refractivity contribution in [3.63, 3.8) is 0 Å².